The van der Waals surface area contributed by atoms with E-state index in [0.29, 0.717) is 17.0 Å². The number of imidazole rings is 1. The molecule has 176 valence electrons. The third kappa shape index (κ3) is 5.29. The lowest BCUT2D eigenvalue weighted by atomic mass is 10.1. The van der Waals surface area contributed by atoms with Gasteiger partial charge in [-0.2, -0.15) is 0 Å². The first kappa shape index (κ1) is 23.7. The fraction of sp³-hybridized carbons (Fsp3) is 0.115. The van der Waals surface area contributed by atoms with Gasteiger partial charge in [-0.05, 0) is 48.9 Å². The van der Waals surface area contributed by atoms with E-state index in [4.69, 9.17) is 16.6 Å². The number of thiazole rings is 1. The topological polar surface area (TPSA) is 59.8 Å². The number of nitrogens with one attached hydrogen (secondary N) is 1. The van der Waals surface area contributed by atoms with Crippen LogP contribution in [0.1, 0.15) is 16.9 Å². The summed E-state index contributed by atoms with van der Waals surface area (Å²) in [5, 5.41) is 4.23. The molecule has 2 heterocycles. The summed E-state index contributed by atoms with van der Waals surface area (Å²) in [5.74, 6) is -0.507. The molecule has 0 saturated carbocycles. The smallest absolute Gasteiger partial charge is 0.220 e. The Morgan fingerprint density at radius 2 is 1.91 bits per heavy atom. The van der Waals surface area contributed by atoms with Crippen LogP contribution in [0.3, 0.4) is 0 Å². The van der Waals surface area contributed by atoms with E-state index in [1.165, 1.54) is 17.4 Å². The number of rotatable bonds is 7. The predicted octanol–water partition coefficient (Wildman–Crippen LogP) is 6.95. The molecule has 0 unspecified atom stereocenters. The van der Waals surface area contributed by atoms with Gasteiger partial charge in [-0.15, -0.1) is 11.3 Å². The molecule has 0 bridgehead atoms. The van der Waals surface area contributed by atoms with Crippen molar-refractivity contribution in [1.29, 1.82) is 0 Å². The molecule has 9 heteroatoms. The maximum Gasteiger partial charge on any atom is 0.220 e. The summed E-state index contributed by atoms with van der Waals surface area (Å²) in [4.78, 5) is 23.0. The van der Waals surface area contributed by atoms with Crippen molar-refractivity contribution in [3.63, 3.8) is 0 Å². The van der Waals surface area contributed by atoms with E-state index in [2.05, 4.69) is 26.2 Å². The monoisotopic (exact) mass is 568 g/mol. The molecule has 1 N–H and O–H groups in total. The molecule has 0 aliphatic rings. The van der Waals surface area contributed by atoms with Crippen LogP contribution in [0.2, 0.25) is 5.02 Å². The molecule has 0 atom stereocenters. The predicted molar refractivity (Wildman–Crippen MR) is 141 cm³/mol. The van der Waals surface area contributed by atoms with Crippen molar-refractivity contribution in [2.24, 2.45) is 0 Å². The van der Waals surface area contributed by atoms with E-state index in [9.17, 15) is 9.18 Å². The summed E-state index contributed by atoms with van der Waals surface area (Å²) in [6.45, 7) is 0.128. The highest BCUT2D eigenvalue weighted by molar-refractivity contribution is 9.10. The molecule has 3 aromatic carbocycles. The largest absolute Gasteiger partial charge is 0.352 e. The summed E-state index contributed by atoms with van der Waals surface area (Å²) in [5.41, 5.74) is 4.01. The molecule has 0 saturated heterocycles. The van der Waals surface area contributed by atoms with Crippen molar-refractivity contribution in [3.05, 3.63) is 98.8 Å². The lowest BCUT2D eigenvalue weighted by Crippen LogP contribution is -2.23. The normalized spacial score (nSPS) is 11.2. The van der Waals surface area contributed by atoms with Gasteiger partial charge >= 0.3 is 0 Å². The number of nitrogens with zero attached hydrogens (tertiary/aromatic N) is 3. The van der Waals surface area contributed by atoms with Crippen molar-refractivity contribution in [2.45, 2.75) is 19.4 Å². The summed E-state index contributed by atoms with van der Waals surface area (Å²) in [6, 6.07) is 20.0. The number of benzene rings is 3. The molecular weight excluding hydrogens is 551 g/mol. The van der Waals surface area contributed by atoms with Crippen molar-refractivity contribution >= 4 is 55.8 Å². The Labute approximate surface area is 218 Å². The first-order chi connectivity index (χ1) is 17.0. The van der Waals surface area contributed by atoms with Crippen molar-refractivity contribution in [3.8, 4) is 16.4 Å². The molecule has 0 fully saturated rings. The Hall–Kier alpha value is -3.07. The number of fused-ring (bicyclic) bond motifs is 1. The average molecular weight is 570 g/mol. The zero-order valence-corrected chi connectivity index (χ0v) is 21.5. The number of amides is 1. The van der Waals surface area contributed by atoms with Crippen LogP contribution in [-0.4, -0.2) is 20.4 Å². The maximum absolute atomic E-state index is 14.0. The molecule has 0 spiro atoms. The first-order valence-electron chi connectivity index (χ1n) is 10.9. The number of aryl methyl sites for hydroxylation is 1. The number of carbonyl (C=O) groups is 1. The van der Waals surface area contributed by atoms with Gasteiger partial charge < -0.3 is 5.32 Å². The van der Waals surface area contributed by atoms with Crippen LogP contribution < -0.4 is 5.32 Å². The maximum atomic E-state index is 14.0. The number of carbonyl (C=O) groups excluding carboxylic acids is 1. The number of para-hydroxylation sites is 2. The van der Waals surface area contributed by atoms with Crippen LogP contribution in [0.5, 0.6) is 0 Å². The molecule has 5 aromatic rings. The van der Waals surface area contributed by atoms with Crippen molar-refractivity contribution in [2.75, 3.05) is 0 Å². The van der Waals surface area contributed by atoms with Crippen LogP contribution >= 0.6 is 38.9 Å². The van der Waals surface area contributed by atoms with Crippen LogP contribution in [0.25, 0.3) is 27.4 Å². The zero-order valence-electron chi connectivity index (χ0n) is 18.3. The lowest BCUT2D eigenvalue weighted by Gasteiger charge is -2.07. The SMILES string of the molecule is O=C(CCc1sc(-n2cnc3ccccc32)nc1-c1ccc(Cl)cc1)NCc1cc(Br)ccc1F. The second kappa shape index (κ2) is 10.3. The molecular formula is C26H19BrClFN4OS. The molecule has 2 aromatic heterocycles. The Kier molecular flexibility index (Phi) is 6.95. The first-order valence-corrected chi connectivity index (χ1v) is 12.9. The van der Waals surface area contributed by atoms with Gasteiger partial charge in [0.2, 0.25) is 5.91 Å². The van der Waals surface area contributed by atoms with Crippen molar-refractivity contribution in [1.82, 2.24) is 19.9 Å². The molecule has 5 nitrogen and oxygen atoms in total. The highest BCUT2D eigenvalue weighted by Crippen LogP contribution is 2.33. The number of halogens is 3. The third-order valence-electron chi connectivity index (χ3n) is 5.53. The Morgan fingerprint density at radius 1 is 1.11 bits per heavy atom. The Morgan fingerprint density at radius 3 is 2.74 bits per heavy atom. The van der Waals surface area contributed by atoms with Crippen LogP contribution in [-0.2, 0) is 17.8 Å². The highest BCUT2D eigenvalue weighted by Gasteiger charge is 2.17. The van der Waals surface area contributed by atoms with Crippen LogP contribution in [0.4, 0.5) is 4.39 Å². The minimum absolute atomic E-state index is 0.128. The van der Waals surface area contributed by atoms with Gasteiger partial charge in [-0.3, -0.25) is 9.36 Å². The molecule has 0 aliphatic heterocycles. The van der Waals surface area contributed by atoms with E-state index >= 15 is 0 Å². The van der Waals surface area contributed by atoms with Gasteiger partial charge in [0.1, 0.15) is 12.1 Å². The van der Waals surface area contributed by atoms with E-state index in [1.807, 2.05) is 53.1 Å². The van der Waals surface area contributed by atoms with E-state index in [1.54, 1.807) is 18.5 Å². The molecule has 5 rings (SSSR count). The summed E-state index contributed by atoms with van der Waals surface area (Å²) < 4.78 is 16.7. The average Bonchev–Trinajstić information content (AvgIpc) is 3.48. The molecule has 35 heavy (non-hydrogen) atoms. The van der Waals surface area contributed by atoms with Crippen LogP contribution in [0.15, 0.2) is 77.5 Å². The van der Waals surface area contributed by atoms with Crippen LogP contribution in [0, 0.1) is 5.82 Å². The third-order valence-corrected chi connectivity index (χ3v) is 7.39. The molecule has 0 aliphatic carbocycles. The quantitative estimate of drug-likeness (QED) is 0.231. The van der Waals surface area contributed by atoms with Gasteiger partial charge in [0.25, 0.3) is 0 Å². The van der Waals surface area contributed by atoms with Gasteiger partial charge in [0.05, 0.1) is 16.7 Å². The second-order valence-corrected chi connectivity index (χ2v) is 10.3. The van der Waals surface area contributed by atoms with E-state index in [0.717, 1.165) is 36.8 Å². The van der Waals surface area contributed by atoms with Gasteiger partial charge in [-0.25, -0.2) is 14.4 Å². The number of aromatic nitrogens is 3. The van der Waals surface area contributed by atoms with E-state index < -0.39 is 0 Å². The Bertz CT molecular complexity index is 1520. The molecule has 0 radical (unpaired) electrons. The lowest BCUT2D eigenvalue weighted by molar-refractivity contribution is -0.121. The standard InChI is InChI=1S/C26H19BrClFN4OS/c27-18-7-10-20(29)17(13-18)14-30-24(34)12-11-23-25(16-5-8-19(28)9-6-16)32-26(35-23)33-15-31-21-3-1-2-4-22(21)33/h1-10,13,15H,11-12,14H2,(H,30,34). The highest BCUT2D eigenvalue weighted by atomic mass is 79.9. The molecule has 1 amide bonds. The Balaban J connectivity index is 1.38. The number of hydrogen-bond donors (Lipinski definition) is 1. The van der Waals surface area contributed by atoms with E-state index in [-0.39, 0.29) is 24.7 Å². The summed E-state index contributed by atoms with van der Waals surface area (Å²) >= 11 is 10.9. The summed E-state index contributed by atoms with van der Waals surface area (Å²) in [7, 11) is 0. The van der Waals surface area contributed by atoms with Crippen molar-refractivity contribution < 1.29 is 9.18 Å². The summed E-state index contributed by atoms with van der Waals surface area (Å²) in [6.07, 6.45) is 2.51. The zero-order chi connectivity index (χ0) is 24.4. The second-order valence-electron chi connectivity index (χ2n) is 7.89. The fourth-order valence-electron chi connectivity index (χ4n) is 3.74. The van der Waals surface area contributed by atoms with Gasteiger partial charge in [-0.1, -0.05) is 51.8 Å². The number of hydrogen-bond acceptors (Lipinski definition) is 4. The minimum Gasteiger partial charge on any atom is -0.352 e. The fourth-order valence-corrected chi connectivity index (χ4v) is 5.34. The van der Waals surface area contributed by atoms with Gasteiger partial charge in [0.15, 0.2) is 5.13 Å². The van der Waals surface area contributed by atoms with Gasteiger partial charge in [0, 0.05) is 38.5 Å². The minimum atomic E-state index is -0.349.